The summed E-state index contributed by atoms with van der Waals surface area (Å²) in [6, 6.07) is -0.0665. The van der Waals surface area contributed by atoms with Gasteiger partial charge in [-0.1, -0.05) is 13.8 Å². The smallest absolute Gasteiger partial charge is 0.221 e. The van der Waals surface area contributed by atoms with Crippen LogP contribution in [0.4, 0.5) is 0 Å². The molecule has 3 atom stereocenters. The predicted octanol–water partition coefficient (Wildman–Crippen LogP) is 0.247. The second-order valence-corrected chi connectivity index (χ2v) is 3.89. The Hall–Kier alpha value is -0.610. The molecular weight excluding hydrogens is 180 g/mol. The van der Waals surface area contributed by atoms with Crippen molar-refractivity contribution in [3.05, 3.63) is 0 Å². The van der Waals surface area contributed by atoms with E-state index in [1.54, 1.807) is 0 Å². The molecule has 14 heavy (non-hydrogen) atoms. The van der Waals surface area contributed by atoms with E-state index in [4.69, 9.17) is 10.8 Å². The number of hydrogen-bond acceptors (Lipinski definition) is 3. The van der Waals surface area contributed by atoms with Crippen LogP contribution >= 0.6 is 0 Å². The van der Waals surface area contributed by atoms with Crippen LogP contribution in [0.5, 0.6) is 0 Å². The molecule has 0 aromatic carbocycles. The zero-order chi connectivity index (χ0) is 11.1. The lowest BCUT2D eigenvalue weighted by Gasteiger charge is -2.20. The van der Waals surface area contributed by atoms with Crippen molar-refractivity contribution in [2.75, 3.05) is 6.61 Å². The minimum atomic E-state index is -0.0633. The van der Waals surface area contributed by atoms with Gasteiger partial charge >= 0.3 is 0 Å². The van der Waals surface area contributed by atoms with Crippen LogP contribution in [0.3, 0.4) is 0 Å². The van der Waals surface area contributed by atoms with Gasteiger partial charge < -0.3 is 16.2 Å². The van der Waals surface area contributed by atoms with Crippen LogP contribution in [-0.4, -0.2) is 29.7 Å². The maximum Gasteiger partial charge on any atom is 0.221 e. The standard InChI is InChI=1S/C10H22N2O2/c1-4-9(11)5-10(14)12-8(3)7(2)6-13/h7-9,13H,4-6,11H2,1-3H3,(H,12,14). The Morgan fingerprint density at radius 1 is 1.50 bits per heavy atom. The van der Waals surface area contributed by atoms with E-state index in [1.165, 1.54) is 0 Å². The first kappa shape index (κ1) is 13.4. The molecule has 0 radical (unpaired) electrons. The second-order valence-electron chi connectivity index (χ2n) is 3.89. The lowest BCUT2D eigenvalue weighted by molar-refractivity contribution is -0.122. The van der Waals surface area contributed by atoms with Crippen molar-refractivity contribution in [1.29, 1.82) is 0 Å². The van der Waals surface area contributed by atoms with Crippen molar-refractivity contribution in [2.24, 2.45) is 11.7 Å². The Morgan fingerprint density at radius 2 is 2.07 bits per heavy atom. The molecule has 0 aliphatic heterocycles. The van der Waals surface area contributed by atoms with Gasteiger partial charge in [0.25, 0.3) is 0 Å². The van der Waals surface area contributed by atoms with Gasteiger partial charge in [-0.3, -0.25) is 4.79 Å². The van der Waals surface area contributed by atoms with Crippen LogP contribution in [0.25, 0.3) is 0 Å². The van der Waals surface area contributed by atoms with Crippen molar-refractivity contribution in [2.45, 2.75) is 45.7 Å². The molecule has 0 aliphatic rings. The predicted molar refractivity (Wildman–Crippen MR) is 56.7 cm³/mol. The van der Waals surface area contributed by atoms with Crippen molar-refractivity contribution in [1.82, 2.24) is 5.32 Å². The number of nitrogens with two attached hydrogens (primary N) is 1. The highest BCUT2D eigenvalue weighted by Crippen LogP contribution is 2.02. The zero-order valence-corrected chi connectivity index (χ0v) is 9.29. The first-order chi connectivity index (χ1) is 6.51. The van der Waals surface area contributed by atoms with Crippen LogP contribution in [0, 0.1) is 5.92 Å². The third kappa shape index (κ3) is 5.19. The fraction of sp³-hybridized carbons (Fsp3) is 0.900. The number of carbonyl (C=O) groups excluding carboxylic acids is 1. The van der Waals surface area contributed by atoms with E-state index in [0.717, 1.165) is 6.42 Å². The fourth-order valence-corrected chi connectivity index (χ4v) is 0.996. The minimum Gasteiger partial charge on any atom is -0.396 e. The first-order valence-electron chi connectivity index (χ1n) is 5.17. The number of hydrogen-bond donors (Lipinski definition) is 3. The maximum absolute atomic E-state index is 11.4. The van der Waals surface area contributed by atoms with E-state index in [0.29, 0.717) is 6.42 Å². The summed E-state index contributed by atoms with van der Waals surface area (Å²) in [5.74, 6) is 0.0453. The highest BCUT2D eigenvalue weighted by molar-refractivity contribution is 5.76. The molecule has 0 aliphatic carbocycles. The van der Waals surface area contributed by atoms with Gasteiger partial charge in [0.2, 0.25) is 5.91 Å². The lowest BCUT2D eigenvalue weighted by atomic mass is 10.0. The molecule has 0 bridgehead atoms. The molecule has 0 aromatic heterocycles. The van der Waals surface area contributed by atoms with Crippen LogP contribution in [0.1, 0.15) is 33.6 Å². The largest absolute Gasteiger partial charge is 0.396 e. The molecule has 0 fully saturated rings. The molecule has 4 heteroatoms. The average molecular weight is 202 g/mol. The monoisotopic (exact) mass is 202 g/mol. The average Bonchev–Trinajstić information content (AvgIpc) is 2.15. The zero-order valence-electron chi connectivity index (χ0n) is 9.29. The summed E-state index contributed by atoms with van der Waals surface area (Å²) in [5.41, 5.74) is 5.65. The number of aliphatic hydroxyl groups is 1. The van der Waals surface area contributed by atoms with Gasteiger partial charge in [-0.15, -0.1) is 0 Å². The molecule has 0 saturated heterocycles. The van der Waals surface area contributed by atoms with E-state index in [2.05, 4.69) is 5.32 Å². The highest BCUT2D eigenvalue weighted by atomic mass is 16.3. The van der Waals surface area contributed by atoms with Gasteiger partial charge in [-0.25, -0.2) is 0 Å². The summed E-state index contributed by atoms with van der Waals surface area (Å²) < 4.78 is 0. The summed E-state index contributed by atoms with van der Waals surface area (Å²) in [5, 5.41) is 11.7. The van der Waals surface area contributed by atoms with Gasteiger partial charge in [0, 0.05) is 25.1 Å². The van der Waals surface area contributed by atoms with Crippen molar-refractivity contribution < 1.29 is 9.90 Å². The molecule has 0 spiro atoms. The van der Waals surface area contributed by atoms with Gasteiger partial charge in [0.05, 0.1) is 0 Å². The number of aliphatic hydroxyl groups excluding tert-OH is 1. The maximum atomic E-state index is 11.4. The van der Waals surface area contributed by atoms with Gasteiger partial charge in [-0.05, 0) is 19.3 Å². The van der Waals surface area contributed by atoms with E-state index in [-0.39, 0.29) is 30.5 Å². The topological polar surface area (TPSA) is 75.4 Å². The molecule has 0 heterocycles. The number of amides is 1. The van der Waals surface area contributed by atoms with Gasteiger partial charge in [0.1, 0.15) is 0 Å². The summed E-state index contributed by atoms with van der Waals surface area (Å²) in [4.78, 5) is 11.4. The first-order valence-corrected chi connectivity index (χ1v) is 5.17. The molecule has 84 valence electrons. The van der Waals surface area contributed by atoms with Crippen molar-refractivity contribution in [3.8, 4) is 0 Å². The van der Waals surface area contributed by atoms with E-state index in [9.17, 15) is 4.79 Å². The Balaban J connectivity index is 3.82. The quantitative estimate of drug-likeness (QED) is 0.578. The number of nitrogens with one attached hydrogen (secondary N) is 1. The Labute approximate surface area is 85.9 Å². The Bertz CT molecular complexity index is 174. The van der Waals surface area contributed by atoms with Crippen LogP contribution in [0.2, 0.25) is 0 Å². The second kappa shape index (κ2) is 6.79. The molecule has 0 saturated carbocycles. The number of rotatable bonds is 6. The highest BCUT2D eigenvalue weighted by Gasteiger charge is 2.15. The molecule has 1 amide bonds. The molecular formula is C10H22N2O2. The molecule has 4 N–H and O–H groups in total. The molecule has 3 unspecified atom stereocenters. The van der Waals surface area contributed by atoms with Gasteiger partial charge in [0.15, 0.2) is 0 Å². The summed E-state index contributed by atoms with van der Waals surface area (Å²) >= 11 is 0. The van der Waals surface area contributed by atoms with Crippen molar-refractivity contribution in [3.63, 3.8) is 0 Å². The third-order valence-corrected chi connectivity index (χ3v) is 2.50. The molecule has 0 rings (SSSR count). The van der Waals surface area contributed by atoms with E-state index in [1.807, 2.05) is 20.8 Å². The van der Waals surface area contributed by atoms with Crippen LogP contribution < -0.4 is 11.1 Å². The van der Waals surface area contributed by atoms with E-state index < -0.39 is 0 Å². The van der Waals surface area contributed by atoms with Crippen LogP contribution in [0.15, 0.2) is 0 Å². The molecule has 0 aromatic rings. The fourth-order valence-electron chi connectivity index (χ4n) is 0.996. The third-order valence-electron chi connectivity index (χ3n) is 2.50. The summed E-state index contributed by atoms with van der Waals surface area (Å²) in [6.07, 6.45) is 1.16. The summed E-state index contributed by atoms with van der Waals surface area (Å²) in [6.45, 7) is 5.82. The van der Waals surface area contributed by atoms with Crippen LogP contribution in [-0.2, 0) is 4.79 Å². The Morgan fingerprint density at radius 3 is 2.50 bits per heavy atom. The lowest BCUT2D eigenvalue weighted by Crippen LogP contribution is -2.40. The normalized spacial score (nSPS) is 17.2. The van der Waals surface area contributed by atoms with Crippen molar-refractivity contribution >= 4 is 5.91 Å². The molecule has 4 nitrogen and oxygen atoms in total. The minimum absolute atomic E-state index is 0.00319. The SMILES string of the molecule is CCC(N)CC(=O)NC(C)C(C)CO. The Kier molecular flexibility index (Phi) is 6.49. The summed E-state index contributed by atoms with van der Waals surface area (Å²) in [7, 11) is 0. The van der Waals surface area contributed by atoms with Gasteiger partial charge in [-0.2, -0.15) is 0 Å². The van der Waals surface area contributed by atoms with E-state index >= 15 is 0 Å². The number of carbonyl (C=O) groups is 1.